The highest BCUT2D eigenvalue weighted by atomic mass is 32.2. The molecule has 2 aromatic carbocycles. The molecule has 1 aromatic heterocycles. The lowest BCUT2D eigenvalue weighted by Gasteiger charge is -2.15. The molecule has 10 heteroatoms. The molecule has 0 saturated carbocycles. The Kier molecular flexibility index (Phi) is 7.18. The van der Waals surface area contributed by atoms with Crippen LogP contribution in [0, 0.1) is 5.82 Å². The topological polar surface area (TPSA) is 107 Å². The Bertz CT molecular complexity index is 1280. The molecule has 0 bridgehead atoms. The van der Waals surface area contributed by atoms with Crippen LogP contribution in [0.5, 0.6) is 0 Å². The Labute approximate surface area is 196 Å². The van der Waals surface area contributed by atoms with E-state index in [0.717, 1.165) is 12.8 Å². The third-order valence-corrected chi connectivity index (χ3v) is 7.39. The number of carbonyl (C=O) groups excluding carboxylic acids is 2. The number of aromatic nitrogens is 1. The molecule has 0 N–H and O–H groups in total. The first-order valence-electron chi connectivity index (χ1n) is 10.8. The quantitative estimate of drug-likeness (QED) is 0.336. The fourth-order valence-corrected chi connectivity index (χ4v) is 5.13. The Balaban J connectivity index is 1.26. The van der Waals surface area contributed by atoms with E-state index in [9.17, 15) is 22.4 Å². The van der Waals surface area contributed by atoms with Gasteiger partial charge in [0.1, 0.15) is 5.82 Å². The van der Waals surface area contributed by atoms with Crippen molar-refractivity contribution in [2.24, 2.45) is 0 Å². The van der Waals surface area contributed by atoms with Gasteiger partial charge >= 0.3 is 5.97 Å². The zero-order chi connectivity index (χ0) is 24.1. The maximum Gasteiger partial charge on any atom is 0.306 e. The Morgan fingerprint density at radius 3 is 2.47 bits per heavy atom. The second kappa shape index (κ2) is 10.3. The van der Waals surface area contributed by atoms with Crippen molar-refractivity contribution in [1.29, 1.82) is 0 Å². The summed E-state index contributed by atoms with van der Waals surface area (Å²) in [5.41, 5.74) is 0.518. The van der Waals surface area contributed by atoms with Gasteiger partial charge in [0.15, 0.2) is 24.0 Å². The Morgan fingerprint density at radius 2 is 1.76 bits per heavy atom. The zero-order valence-electron chi connectivity index (χ0n) is 18.3. The summed E-state index contributed by atoms with van der Waals surface area (Å²) < 4.78 is 50.9. The summed E-state index contributed by atoms with van der Waals surface area (Å²) in [6, 6.07) is 11.7. The molecule has 3 aromatic rings. The summed E-state index contributed by atoms with van der Waals surface area (Å²) in [5.74, 6) is -1.00. The number of ether oxygens (including phenoxy) is 1. The first-order valence-corrected chi connectivity index (χ1v) is 12.3. The van der Waals surface area contributed by atoms with Gasteiger partial charge in [-0.15, -0.1) is 0 Å². The minimum Gasteiger partial charge on any atom is -0.457 e. The molecule has 1 fully saturated rings. The van der Waals surface area contributed by atoms with Gasteiger partial charge in [0, 0.05) is 25.1 Å². The lowest BCUT2D eigenvalue weighted by molar-refractivity contribution is -0.142. The normalized spacial score (nSPS) is 14.3. The van der Waals surface area contributed by atoms with E-state index in [1.165, 1.54) is 40.8 Å². The first-order chi connectivity index (χ1) is 16.3. The number of hydrogen-bond donors (Lipinski definition) is 0. The Hall–Kier alpha value is -3.37. The highest BCUT2D eigenvalue weighted by molar-refractivity contribution is 7.89. The molecule has 0 radical (unpaired) electrons. The van der Waals surface area contributed by atoms with Crippen molar-refractivity contribution in [3.8, 4) is 11.3 Å². The highest BCUT2D eigenvalue weighted by Crippen LogP contribution is 2.24. The van der Waals surface area contributed by atoms with Crippen molar-refractivity contribution in [3.05, 3.63) is 72.0 Å². The lowest BCUT2D eigenvalue weighted by Crippen LogP contribution is -2.27. The molecule has 1 saturated heterocycles. The molecule has 4 rings (SSSR count). The number of ketones is 1. The Morgan fingerprint density at radius 1 is 1.06 bits per heavy atom. The molecule has 0 spiro atoms. The van der Waals surface area contributed by atoms with Gasteiger partial charge in [0.05, 0.1) is 23.1 Å². The SMILES string of the molecule is O=C(CCc1ncc(-c2ccccc2F)o1)OCC(=O)c1ccc(S(=O)(=O)N2CCCC2)cc1. The number of carbonyl (C=O) groups is 2. The van der Waals surface area contributed by atoms with E-state index in [1.54, 1.807) is 18.2 Å². The predicted octanol–water partition coefficient (Wildman–Crippen LogP) is 3.62. The monoisotopic (exact) mass is 486 g/mol. The number of hydrogen-bond acceptors (Lipinski definition) is 7. The van der Waals surface area contributed by atoms with Crippen LogP contribution in [0.1, 0.15) is 35.5 Å². The van der Waals surface area contributed by atoms with Crippen LogP contribution in [0.2, 0.25) is 0 Å². The van der Waals surface area contributed by atoms with Gasteiger partial charge in [0.2, 0.25) is 10.0 Å². The van der Waals surface area contributed by atoms with Crippen LogP contribution >= 0.6 is 0 Å². The molecular formula is C24H23FN2O6S. The van der Waals surface area contributed by atoms with E-state index in [4.69, 9.17) is 9.15 Å². The van der Waals surface area contributed by atoms with Crippen molar-refractivity contribution in [2.45, 2.75) is 30.6 Å². The number of aryl methyl sites for hydroxylation is 1. The van der Waals surface area contributed by atoms with Crippen molar-refractivity contribution in [2.75, 3.05) is 19.7 Å². The molecule has 0 aliphatic carbocycles. The van der Waals surface area contributed by atoms with Crippen molar-refractivity contribution in [1.82, 2.24) is 9.29 Å². The van der Waals surface area contributed by atoms with E-state index >= 15 is 0 Å². The first kappa shape index (κ1) is 23.8. The summed E-state index contributed by atoms with van der Waals surface area (Å²) in [4.78, 5) is 28.5. The fourth-order valence-electron chi connectivity index (χ4n) is 3.61. The van der Waals surface area contributed by atoms with E-state index in [0.29, 0.717) is 13.1 Å². The summed E-state index contributed by atoms with van der Waals surface area (Å²) in [5, 5.41) is 0. The van der Waals surface area contributed by atoms with Crippen LogP contribution in [-0.2, 0) is 26.0 Å². The number of benzene rings is 2. The number of sulfonamides is 1. The largest absolute Gasteiger partial charge is 0.457 e. The van der Waals surface area contributed by atoms with Gasteiger partial charge in [-0.25, -0.2) is 17.8 Å². The standard InChI is InChI=1S/C24H23FN2O6S/c25-20-6-2-1-5-19(20)22-15-26-23(33-22)11-12-24(29)32-16-21(28)17-7-9-18(10-8-17)34(30,31)27-13-3-4-14-27/h1-2,5-10,15H,3-4,11-14,16H2. The minimum atomic E-state index is -3.56. The average molecular weight is 487 g/mol. The number of halogens is 1. The number of rotatable bonds is 9. The predicted molar refractivity (Wildman–Crippen MR) is 120 cm³/mol. The molecule has 1 aliphatic rings. The minimum absolute atomic E-state index is 0.0719. The molecule has 178 valence electrons. The van der Waals surface area contributed by atoms with Crippen LogP contribution < -0.4 is 0 Å². The molecule has 8 nitrogen and oxygen atoms in total. The molecule has 0 unspecified atom stereocenters. The number of oxazole rings is 1. The van der Waals surface area contributed by atoms with Crippen LogP contribution in [0.25, 0.3) is 11.3 Å². The third kappa shape index (κ3) is 5.40. The molecule has 34 heavy (non-hydrogen) atoms. The molecule has 0 amide bonds. The molecular weight excluding hydrogens is 463 g/mol. The summed E-state index contributed by atoms with van der Waals surface area (Å²) in [6.45, 7) is 0.525. The number of nitrogens with zero attached hydrogens (tertiary/aromatic N) is 2. The number of Topliss-reactive ketones (excluding diaryl/α,β-unsaturated/α-hetero) is 1. The zero-order valence-corrected chi connectivity index (χ0v) is 19.1. The second-order valence-corrected chi connectivity index (χ2v) is 9.76. The third-order valence-electron chi connectivity index (χ3n) is 5.48. The molecule has 2 heterocycles. The van der Waals surface area contributed by atoms with E-state index in [1.807, 2.05) is 0 Å². The van der Waals surface area contributed by atoms with Gasteiger partial charge in [-0.1, -0.05) is 12.1 Å². The lowest BCUT2D eigenvalue weighted by atomic mass is 10.1. The van der Waals surface area contributed by atoms with Crippen LogP contribution in [0.3, 0.4) is 0 Å². The van der Waals surface area contributed by atoms with E-state index in [-0.39, 0.29) is 40.5 Å². The molecule has 1 aliphatic heterocycles. The highest BCUT2D eigenvalue weighted by Gasteiger charge is 2.27. The van der Waals surface area contributed by atoms with E-state index in [2.05, 4.69) is 4.98 Å². The number of esters is 1. The van der Waals surface area contributed by atoms with Gasteiger partial charge in [0.25, 0.3) is 0 Å². The maximum atomic E-state index is 13.8. The second-order valence-electron chi connectivity index (χ2n) is 7.82. The van der Waals surface area contributed by atoms with Crippen LogP contribution in [0.15, 0.2) is 64.0 Å². The van der Waals surface area contributed by atoms with Gasteiger partial charge in [-0.05, 0) is 49.2 Å². The van der Waals surface area contributed by atoms with Crippen LogP contribution in [-0.4, -0.2) is 49.2 Å². The van der Waals surface area contributed by atoms with Gasteiger partial charge in [-0.3, -0.25) is 9.59 Å². The average Bonchev–Trinajstić information content (AvgIpc) is 3.54. The van der Waals surface area contributed by atoms with Crippen molar-refractivity contribution in [3.63, 3.8) is 0 Å². The maximum absolute atomic E-state index is 13.8. The van der Waals surface area contributed by atoms with Crippen molar-refractivity contribution >= 4 is 21.8 Å². The smallest absolute Gasteiger partial charge is 0.306 e. The summed E-state index contributed by atoms with van der Waals surface area (Å²) in [6.07, 6.45) is 3.12. The van der Waals surface area contributed by atoms with Crippen LogP contribution in [0.4, 0.5) is 4.39 Å². The van der Waals surface area contributed by atoms with Crippen molar-refractivity contribution < 1.29 is 31.6 Å². The summed E-state index contributed by atoms with van der Waals surface area (Å²) in [7, 11) is -3.56. The van der Waals surface area contributed by atoms with Gasteiger partial charge in [-0.2, -0.15) is 4.31 Å². The summed E-state index contributed by atoms with van der Waals surface area (Å²) >= 11 is 0. The molecule has 0 atom stereocenters. The van der Waals surface area contributed by atoms with E-state index < -0.39 is 34.2 Å². The fraction of sp³-hybridized carbons (Fsp3) is 0.292. The van der Waals surface area contributed by atoms with Gasteiger partial charge < -0.3 is 9.15 Å².